The molecule has 0 aromatic rings. The molecule has 0 spiro atoms. The number of ether oxygens (including phenoxy) is 1. The summed E-state index contributed by atoms with van der Waals surface area (Å²) in [5, 5.41) is 3.40. The summed E-state index contributed by atoms with van der Waals surface area (Å²) in [6, 6.07) is 0. The molecule has 3 nitrogen and oxygen atoms in total. The highest BCUT2D eigenvalue weighted by atomic mass is 16.5. The van der Waals surface area contributed by atoms with Gasteiger partial charge in [0.15, 0.2) is 0 Å². The number of hydrogen-bond donors (Lipinski definition) is 1. The average molecular weight is 240 g/mol. The fraction of sp³-hybridized carbons (Fsp3) is 1.00. The van der Waals surface area contributed by atoms with Crippen molar-refractivity contribution in [3.8, 4) is 0 Å². The zero-order valence-electron chi connectivity index (χ0n) is 11.3. The maximum absolute atomic E-state index is 5.73. The summed E-state index contributed by atoms with van der Waals surface area (Å²) in [4.78, 5) is 2.51. The van der Waals surface area contributed by atoms with E-state index >= 15 is 0 Å². The Hall–Kier alpha value is -0.120. The van der Waals surface area contributed by atoms with E-state index < -0.39 is 0 Å². The van der Waals surface area contributed by atoms with E-state index in [4.69, 9.17) is 4.74 Å². The third kappa shape index (κ3) is 4.94. The second-order valence-corrected chi connectivity index (χ2v) is 5.75. The van der Waals surface area contributed by atoms with Crippen molar-refractivity contribution in [3.63, 3.8) is 0 Å². The van der Waals surface area contributed by atoms with Crippen molar-refractivity contribution in [3.05, 3.63) is 0 Å². The van der Waals surface area contributed by atoms with Crippen molar-refractivity contribution in [2.45, 2.75) is 44.6 Å². The first-order valence-corrected chi connectivity index (χ1v) is 7.35. The van der Waals surface area contributed by atoms with Crippen molar-refractivity contribution >= 4 is 0 Å². The Kier molecular flexibility index (Phi) is 5.75. The van der Waals surface area contributed by atoms with Gasteiger partial charge in [-0.05, 0) is 32.2 Å². The minimum atomic E-state index is 0.442. The van der Waals surface area contributed by atoms with Crippen molar-refractivity contribution < 1.29 is 4.74 Å². The summed E-state index contributed by atoms with van der Waals surface area (Å²) in [5.41, 5.74) is 0. The minimum absolute atomic E-state index is 0.442. The molecule has 2 aliphatic rings. The zero-order chi connectivity index (χ0) is 11.9. The maximum Gasteiger partial charge on any atom is 0.0712 e. The van der Waals surface area contributed by atoms with Gasteiger partial charge < -0.3 is 15.0 Å². The van der Waals surface area contributed by atoms with Gasteiger partial charge in [0, 0.05) is 26.2 Å². The lowest BCUT2D eigenvalue weighted by Crippen LogP contribution is -2.40. The molecule has 0 amide bonds. The van der Waals surface area contributed by atoms with E-state index in [2.05, 4.69) is 17.3 Å². The van der Waals surface area contributed by atoms with Crippen LogP contribution in [0.4, 0.5) is 0 Å². The standard InChI is InChI=1S/C14H28N2O/c1-16(12-13-5-3-2-4-6-13)9-7-14-11-15-8-10-17-14/h13-15H,2-12H2,1H3. The molecule has 1 unspecified atom stereocenters. The molecule has 1 aliphatic heterocycles. The molecular weight excluding hydrogens is 212 g/mol. The van der Waals surface area contributed by atoms with Crippen LogP contribution in [0.15, 0.2) is 0 Å². The van der Waals surface area contributed by atoms with Crippen molar-refractivity contribution in [2.75, 3.05) is 39.8 Å². The molecule has 100 valence electrons. The van der Waals surface area contributed by atoms with Crippen LogP contribution in [-0.4, -0.2) is 50.8 Å². The van der Waals surface area contributed by atoms with Gasteiger partial charge in [-0.1, -0.05) is 19.3 Å². The van der Waals surface area contributed by atoms with Crippen LogP contribution < -0.4 is 5.32 Å². The highest BCUT2D eigenvalue weighted by Gasteiger charge is 2.17. The Morgan fingerprint density at radius 3 is 2.76 bits per heavy atom. The van der Waals surface area contributed by atoms with Gasteiger partial charge in [-0.25, -0.2) is 0 Å². The van der Waals surface area contributed by atoms with Crippen LogP contribution in [0, 0.1) is 5.92 Å². The van der Waals surface area contributed by atoms with Gasteiger partial charge in [-0.15, -0.1) is 0 Å². The fourth-order valence-electron chi connectivity index (χ4n) is 3.07. The van der Waals surface area contributed by atoms with Crippen LogP contribution in [-0.2, 0) is 4.74 Å². The quantitative estimate of drug-likeness (QED) is 0.794. The Labute approximate surface area is 106 Å². The molecule has 1 aliphatic carbocycles. The van der Waals surface area contributed by atoms with Gasteiger partial charge in [0.25, 0.3) is 0 Å². The lowest BCUT2D eigenvalue weighted by molar-refractivity contribution is 0.0178. The lowest BCUT2D eigenvalue weighted by atomic mass is 9.89. The number of hydrogen-bond acceptors (Lipinski definition) is 3. The first-order chi connectivity index (χ1) is 8.34. The number of nitrogens with one attached hydrogen (secondary N) is 1. The van der Waals surface area contributed by atoms with Crippen LogP contribution in [0.2, 0.25) is 0 Å². The Morgan fingerprint density at radius 2 is 2.06 bits per heavy atom. The zero-order valence-corrected chi connectivity index (χ0v) is 11.3. The fourth-order valence-corrected chi connectivity index (χ4v) is 3.07. The molecule has 1 heterocycles. The van der Waals surface area contributed by atoms with Gasteiger partial charge in [-0.2, -0.15) is 0 Å². The third-order valence-corrected chi connectivity index (χ3v) is 4.13. The summed E-state index contributed by atoms with van der Waals surface area (Å²) in [6.07, 6.45) is 8.88. The largest absolute Gasteiger partial charge is 0.376 e. The third-order valence-electron chi connectivity index (χ3n) is 4.13. The molecule has 0 aromatic carbocycles. The van der Waals surface area contributed by atoms with Gasteiger partial charge >= 0.3 is 0 Å². The molecule has 1 saturated carbocycles. The van der Waals surface area contributed by atoms with E-state index in [1.54, 1.807) is 0 Å². The predicted molar refractivity (Wildman–Crippen MR) is 71.3 cm³/mol. The van der Waals surface area contributed by atoms with E-state index in [9.17, 15) is 0 Å². The number of morpholine rings is 1. The Morgan fingerprint density at radius 1 is 1.24 bits per heavy atom. The molecule has 0 aromatic heterocycles. The minimum Gasteiger partial charge on any atom is -0.376 e. The molecule has 0 radical (unpaired) electrons. The van der Waals surface area contributed by atoms with Gasteiger partial charge in [0.05, 0.1) is 12.7 Å². The smallest absolute Gasteiger partial charge is 0.0712 e. The second-order valence-electron chi connectivity index (χ2n) is 5.75. The SMILES string of the molecule is CN(CCC1CNCCO1)CC1CCCCC1. The second kappa shape index (κ2) is 7.34. The van der Waals surface area contributed by atoms with E-state index in [0.29, 0.717) is 6.10 Å². The highest BCUT2D eigenvalue weighted by Crippen LogP contribution is 2.24. The lowest BCUT2D eigenvalue weighted by Gasteiger charge is -2.29. The van der Waals surface area contributed by atoms with Crippen LogP contribution >= 0.6 is 0 Å². The Balaban J connectivity index is 1.57. The molecule has 2 fully saturated rings. The van der Waals surface area contributed by atoms with Crippen molar-refractivity contribution in [1.29, 1.82) is 0 Å². The first-order valence-electron chi connectivity index (χ1n) is 7.35. The van der Waals surface area contributed by atoms with Crippen LogP contribution in [0.3, 0.4) is 0 Å². The van der Waals surface area contributed by atoms with E-state index in [-0.39, 0.29) is 0 Å². The molecule has 0 bridgehead atoms. The number of nitrogens with zero attached hydrogens (tertiary/aromatic N) is 1. The maximum atomic E-state index is 5.73. The molecular formula is C14H28N2O. The topological polar surface area (TPSA) is 24.5 Å². The van der Waals surface area contributed by atoms with Gasteiger partial charge in [-0.3, -0.25) is 0 Å². The van der Waals surface area contributed by atoms with E-state index in [1.165, 1.54) is 51.6 Å². The average Bonchev–Trinajstić information content (AvgIpc) is 2.39. The van der Waals surface area contributed by atoms with Crippen molar-refractivity contribution in [1.82, 2.24) is 10.2 Å². The Bertz CT molecular complexity index is 198. The van der Waals surface area contributed by atoms with Crippen LogP contribution in [0.25, 0.3) is 0 Å². The normalized spacial score (nSPS) is 27.5. The van der Waals surface area contributed by atoms with Gasteiger partial charge in [0.1, 0.15) is 0 Å². The van der Waals surface area contributed by atoms with E-state index in [1.807, 2.05) is 0 Å². The first kappa shape index (κ1) is 13.3. The number of rotatable bonds is 5. The van der Waals surface area contributed by atoms with Crippen molar-refractivity contribution in [2.24, 2.45) is 5.92 Å². The van der Waals surface area contributed by atoms with Crippen LogP contribution in [0.1, 0.15) is 38.5 Å². The summed E-state index contributed by atoms with van der Waals surface area (Å²) >= 11 is 0. The molecule has 17 heavy (non-hydrogen) atoms. The highest BCUT2D eigenvalue weighted by molar-refractivity contribution is 4.72. The summed E-state index contributed by atoms with van der Waals surface area (Å²) in [6.45, 7) is 5.42. The summed E-state index contributed by atoms with van der Waals surface area (Å²) < 4.78 is 5.73. The summed E-state index contributed by atoms with van der Waals surface area (Å²) in [5.74, 6) is 0.958. The predicted octanol–water partition coefficient (Wildman–Crippen LogP) is 1.88. The molecule has 1 saturated heterocycles. The van der Waals surface area contributed by atoms with E-state index in [0.717, 1.165) is 25.6 Å². The molecule has 2 rings (SSSR count). The molecule has 1 N–H and O–H groups in total. The molecule has 3 heteroatoms. The monoisotopic (exact) mass is 240 g/mol. The summed E-state index contributed by atoms with van der Waals surface area (Å²) in [7, 11) is 2.27. The van der Waals surface area contributed by atoms with Gasteiger partial charge in [0.2, 0.25) is 0 Å². The van der Waals surface area contributed by atoms with Crippen LogP contribution in [0.5, 0.6) is 0 Å². The molecule has 1 atom stereocenters.